The van der Waals surface area contributed by atoms with Crippen LogP contribution in [0.25, 0.3) is 0 Å². The third-order valence-corrected chi connectivity index (χ3v) is 3.66. The zero-order chi connectivity index (χ0) is 11.8. The summed E-state index contributed by atoms with van der Waals surface area (Å²) in [6.45, 7) is 6.11. The Morgan fingerprint density at radius 2 is 1.69 bits per heavy atom. The molecule has 0 spiro atoms. The third kappa shape index (κ3) is 2.29. The molecule has 1 aromatic heterocycles. The second kappa shape index (κ2) is 4.21. The predicted octanol–water partition coefficient (Wildman–Crippen LogP) is 3.49. The molecule has 0 atom stereocenters. The summed E-state index contributed by atoms with van der Waals surface area (Å²) in [6.07, 6.45) is 4.91. The van der Waals surface area contributed by atoms with E-state index in [1.165, 1.54) is 25.7 Å². The Balaban J connectivity index is 2.24. The van der Waals surface area contributed by atoms with Gasteiger partial charge in [-0.2, -0.15) is 0 Å². The highest BCUT2D eigenvalue weighted by Gasteiger charge is 2.29. The van der Waals surface area contributed by atoms with Gasteiger partial charge in [-0.25, -0.2) is 9.97 Å². The summed E-state index contributed by atoms with van der Waals surface area (Å²) in [6, 6.07) is 0. The lowest BCUT2D eigenvalue weighted by Crippen LogP contribution is -2.31. The Hall–Kier alpha value is -0.830. The van der Waals surface area contributed by atoms with Gasteiger partial charge in [0.25, 0.3) is 0 Å². The average Bonchev–Trinajstić information content (AvgIpc) is 2.62. The van der Waals surface area contributed by atoms with E-state index in [0.717, 1.165) is 17.2 Å². The van der Waals surface area contributed by atoms with Gasteiger partial charge in [0.1, 0.15) is 0 Å². The summed E-state index contributed by atoms with van der Waals surface area (Å²) in [4.78, 5) is 8.76. The molecule has 3 nitrogen and oxygen atoms in total. The first-order valence-corrected chi connectivity index (χ1v) is 6.17. The minimum absolute atomic E-state index is 0.139. The van der Waals surface area contributed by atoms with E-state index in [-0.39, 0.29) is 5.54 Å². The Morgan fingerprint density at radius 1 is 1.12 bits per heavy atom. The van der Waals surface area contributed by atoms with Crippen molar-refractivity contribution >= 4 is 17.4 Å². The first-order chi connectivity index (χ1) is 7.50. The summed E-state index contributed by atoms with van der Waals surface area (Å²) in [5.41, 5.74) is 1.97. The van der Waals surface area contributed by atoms with Gasteiger partial charge in [-0.15, -0.1) is 0 Å². The van der Waals surface area contributed by atoms with Crippen molar-refractivity contribution in [1.82, 2.24) is 9.97 Å². The second-order valence-corrected chi connectivity index (χ2v) is 5.28. The van der Waals surface area contributed by atoms with E-state index in [9.17, 15) is 0 Å². The monoisotopic (exact) mass is 239 g/mol. The summed E-state index contributed by atoms with van der Waals surface area (Å²) in [5.74, 6) is 0.731. The van der Waals surface area contributed by atoms with E-state index in [0.29, 0.717) is 5.15 Å². The Bertz CT molecular complexity index is 397. The van der Waals surface area contributed by atoms with E-state index in [1.54, 1.807) is 0 Å². The highest BCUT2D eigenvalue weighted by atomic mass is 35.5. The number of nitrogens with zero attached hydrogens (tertiary/aromatic N) is 2. The Labute approximate surface area is 102 Å². The lowest BCUT2D eigenvalue weighted by Gasteiger charge is -2.26. The molecule has 0 radical (unpaired) electrons. The average molecular weight is 240 g/mol. The van der Waals surface area contributed by atoms with Gasteiger partial charge in [0.2, 0.25) is 0 Å². The summed E-state index contributed by atoms with van der Waals surface area (Å²) < 4.78 is 0. The maximum atomic E-state index is 6.11. The van der Waals surface area contributed by atoms with Crippen LogP contribution in [0.2, 0.25) is 5.15 Å². The summed E-state index contributed by atoms with van der Waals surface area (Å²) >= 11 is 6.11. The predicted molar refractivity (Wildman–Crippen MR) is 67.0 cm³/mol. The second-order valence-electron chi connectivity index (χ2n) is 4.93. The molecule has 16 heavy (non-hydrogen) atoms. The van der Waals surface area contributed by atoms with Crippen molar-refractivity contribution in [3.8, 4) is 0 Å². The number of aryl methyl sites for hydroxylation is 2. The van der Waals surface area contributed by atoms with Gasteiger partial charge < -0.3 is 5.32 Å². The zero-order valence-corrected chi connectivity index (χ0v) is 10.9. The molecule has 2 rings (SSSR count). The van der Waals surface area contributed by atoms with Crippen molar-refractivity contribution in [2.75, 3.05) is 5.32 Å². The van der Waals surface area contributed by atoms with Crippen LogP contribution in [0.15, 0.2) is 0 Å². The first-order valence-electron chi connectivity index (χ1n) is 5.79. The number of aromatic nitrogens is 2. The van der Waals surface area contributed by atoms with Crippen LogP contribution in [-0.2, 0) is 0 Å². The van der Waals surface area contributed by atoms with E-state index in [2.05, 4.69) is 22.2 Å². The number of rotatable bonds is 2. The highest BCUT2D eigenvalue weighted by molar-refractivity contribution is 6.31. The van der Waals surface area contributed by atoms with Gasteiger partial charge in [0.15, 0.2) is 11.0 Å². The van der Waals surface area contributed by atoms with E-state index in [4.69, 9.17) is 11.6 Å². The SMILES string of the molecule is Cc1nc(Cl)c(NC2(C)CCCC2)nc1C. The molecule has 0 aromatic carbocycles. The van der Waals surface area contributed by atoms with Crippen LogP contribution in [0, 0.1) is 13.8 Å². The van der Waals surface area contributed by atoms with Gasteiger partial charge in [-0.05, 0) is 33.6 Å². The maximum absolute atomic E-state index is 6.11. The van der Waals surface area contributed by atoms with Crippen LogP contribution in [0.4, 0.5) is 5.82 Å². The Kier molecular flexibility index (Phi) is 3.06. The zero-order valence-electron chi connectivity index (χ0n) is 10.1. The quantitative estimate of drug-likeness (QED) is 0.859. The van der Waals surface area contributed by atoms with Gasteiger partial charge >= 0.3 is 0 Å². The molecule has 1 saturated carbocycles. The molecule has 88 valence electrons. The fourth-order valence-electron chi connectivity index (χ4n) is 2.22. The van der Waals surface area contributed by atoms with Crippen molar-refractivity contribution in [2.45, 2.75) is 52.0 Å². The fourth-order valence-corrected chi connectivity index (χ4v) is 2.44. The number of anilines is 1. The standard InChI is InChI=1S/C12H18ClN3/c1-8-9(2)15-11(10(13)14-8)16-12(3)6-4-5-7-12/h4-7H2,1-3H3,(H,15,16). The van der Waals surface area contributed by atoms with E-state index >= 15 is 0 Å². The largest absolute Gasteiger partial charge is 0.362 e. The number of halogens is 1. The van der Waals surface area contributed by atoms with Crippen LogP contribution in [0.5, 0.6) is 0 Å². The smallest absolute Gasteiger partial charge is 0.171 e. The van der Waals surface area contributed by atoms with E-state index < -0.39 is 0 Å². The lowest BCUT2D eigenvalue weighted by atomic mass is 10.0. The van der Waals surface area contributed by atoms with Crippen molar-refractivity contribution in [3.63, 3.8) is 0 Å². The summed E-state index contributed by atoms with van der Waals surface area (Å²) in [5, 5.41) is 3.93. The number of hydrogen-bond acceptors (Lipinski definition) is 3. The van der Waals surface area contributed by atoms with Crippen LogP contribution in [-0.4, -0.2) is 15.5 Å². The van der Waals surface area contributed by atoms with Crippen LogP contribution >= 0.6 is 11.6 Å². The van der Waals surface area contributed by atoms with Crippen LogP contribution in [0.1, 0.15) is 44.0 Å². The number of hydrogen-bond donors (Lipinski definition) is 1. The minimum atomic E-state index is 0.139. The molecule has 1 aromatic rings. The van der Waals surface area contributed by atoms with Crippen LogP contribution < -0.4 is 5.32 Å². The van der Waals surface area contributed by atoms with Crippen molar-refractivity contribution < 1.29 is 0 Å². The third-order valence-electron chi connectivity index (χ3n) is 3.39. The van der Waals surface area contributed by atoms with Crippen molar-refractivity contribution in [3.05, 3.63) is 16.5 Å². The molecule has 1 fully saturated rings. The molecule has 0 amide bonds. The normalized spacial score (nSPS) is 18.8. The first kappa shape index (κ1) is 11.6. The molecule has 1 aliphatic carbocycles. The molecule has 0 saturated heterocycles. The minimum Gasteiger partial charge on any atom is -0.362 e. The molecule has 1 heterocycles. The molecule has 4 heteroatoms. The van der Waals surface area contributed by atoms with E-state index in [1.807, 2.05) is 13.8 Å². The van der Waals surface area contributed by atoms with Gasteiger partial charge in [-0.1, -0.05) is 24.4 Å². The molecule has 1 N–H and O–H groups in total. The molecule has 1 aliphatic rings. The highest BCUT2D eigenvalue weighted by Crippen LogP contribution is 2.33. The van der Waals surface area contributed by atoms with Crippen molar-refractivity contribution in [1.29, 1.82) is 0 Å². The van der Waals surface area contributed by atoms with Gasteiger partial charge in [0.05, 0.1) is 11.4 Å². The number of nitrogens with one attached hydrogen (secondary N) is 1. The fraction of sp³-hybridized carbons (Fsp3) is 0.667. The lowest BCUT2D eigenvalue weighted by molar-refractivity contribution is 0.530. The van der Waals surface area contributed by atoms with Gasteiger partial charge in [-0.3, -0.25) is 0 Å². The topological polar surface area (TPSA) is 37.8 Å². The van der Waals surface area contributed by atoms with Gasteiger partial charge in [0, 0.05) is 5.54 Å². The maximum Gasteiger partial charge on any atom is 0.171 e. The summed E-state index contributed by atoms with van der Waals surface area (Å²) in [7, 11) is 0. The van der Waals surface area contributed by atoms with Crippen LogP contribution in [0.3, 0.4) is 0 Å². The Morgan fingerprint density at radius 3 is 2.31 bits per heavy atom. The molecule has 0 unspecified atom stereocenters. The van der Waals surface area contributed by atoms with Crippen molar-refractivity contribution in [2.24, 2.45) is 0 Å². The molecule has 0 aliphatic heterocycles. The molecular formula is C12H18ClN3. The molecular weight excluding hydrogens is 222 g/mol. The molecule has 0 bridgehead atoms.